The fraction of sp³-hybridized carbons (Fsp3) is 0.846. The Balaban J connectivity index is 2.66. The molecule has 1 N–H and O–H groups in total. The molecule has 5 heteroatoms. The van der Waals surface area contributed by atoms with Gasteiger partial charge in [0.05, 0.1) is 0 Å². The smallest absolute Gasteiger partial charge is 0.246 e. The van der Waals surface area contributed by atoms with Gasteiger partial charge in [-0.15, -0.1) is 0 Å². The van der Waals surface area contributed by atoms with Crippen molar-refractivity contribution in [2.45, 2.75) is 52.1 Å². The minimum absolute atomic E-state index is 0.0814. The Labute approximate surface area is 115 Å². The average molecular weight is 271 g/mol. The van der Waals surface area contributed by atoms with Crippen molar-refractivity contribution in [1.29, 1.82) is 0 Å². The van der Waals surface area contributed by atoms with E-state index in [1.807, 2.05) is 20.9 Å². The van der Waals surface area contributed by atoms with Crippen LogP contribution in [0.2, 0.25) is 0 Å². The molecule has 1 saturated heterocycles. The molecular weight excluding hydrogens is 246 g/mol. The van der Waals surface area contributed by atoms with Gasteiger partial charge in [0.15, 0.2) is 5.17 Å². The second-order valence-corrected chi connectivity index (χ2v) is 5.83. The van der Waals surface area contributed by atoms with Crippen molar-refractivity contribution in [2.24, 2.45) is 4.99 Å². The molecule has 1 aliphatic rings. The molecule has 1 heterocycles. The maximum atomic E-state index is 11.9. The third kappa shape index (κ3) is 3.40. The zero-order valence-corrected chi connectivity index (χ0v) is 12.9. The Kier molecular flexibility index (Phi) is 5.50. The van der Waals surface area contributed by atoms with Crippen LogP contribution in [0.1, 0.15) is 40.5 Å². The van der Waals surface area contributed by atoms with Gasteiger partial charge in [-0.25, -0.2) is 4.99 Å². The maximum Gasteiger partial charge on any atom is 0.246 e. The molecule has 0 aromatic heterocycles. The number of carbonyl (C=O) groups is 1. The third-order valence-corrected chi connectivity index (χ3v) is 4.91. The van der Waals surface area contributed by atoms with E-state index in [0.717, 1.165) is 30.3 Å². The lowest BCUT2D eigenvalue weighted by molar-refractivity contribution is -0.130. The topological polar surface area (TPSA) is 44.7 Å². The Hall–Kier alpha value is -0.710. The molecule has 1 atom stereocenters. The van der Waals surface area contributed by atoms with Gasteiger partial charge in [-0.05, 0) is 26.7 Å². The number of hydrogen-bond donors (Lipinski definition) is 1. The quantitative estimate of drug-likeness (QED) is 0.833. The zero-order chi connectivity index (χ0) is 13.8. The van der Waals surface area contributed by atoms with Crippen LogP contribution in [-0.4, -0.2) is 46.9 Å². The van der Waals surface area contributed by atoms with E-state index in [4.69, 9.17) is 0 Å². The van der Waals surface area contributed by atoms with Crippen LogP contribution in [0.5, 0.6) is 0 Å². The summed E-state index contributed by atoms with van der Waals surface area (Å²) in [5, 5.41) is 4.41. The lowest BCUT2D eigenvalue weighted by atomic mass is 9.96. The van der Waals surface area contributed by atoms with Crippen molar-refractivity contribution in [2.75, 3.05) is 19.3 Å². The van der Waals surface area contributed by atoms with Crippen LogP contribution < -0.4 is 5.32 Å². The Morgan fingerprint density at radius 3 is 2.56 bits per heavy atom. The van der Waals surface area contributed by atoms with Gasteiger partial charge in [0.1, 0.15) is 6.04 Å². The molecule has 1 fully saturated rings. The summed E-state index contributed by atoms with van der Waals surface area (Å²) >= 11 is 1.73. The van der Waals surface area contributed by atoms with Crippen molar-refractivity contribution >= 4 is 22.8 Å². The largest absolute Gasteiger partial charge is 0.359 e. The predicted molar refractivity (Wildman–Crippen MR) is 79.1 cm³/mol. The maximum absolute atomic E-state index is 11.9. The number of aliphatic imine (C=N–C) groups is 1. The highest BCUT2D eigenvalue weighted by molar-refractivity contribution is 8.14. The second kappa shape index (κ2) is 6.45. The van der Waals surface area contributed by atoms with Crippen LogP contribution in [0.25, 0.3) is 0 Å². The first-order valence-electron chi connectivity index (χ1n) is 6.71. The monoisotopic (exact) mass is 271 g/mol. The highest BCUT2D eigenvalue weighted by atomic mass is 32.2. The summed E-state index contributed by atoms with van der Waals surface area (Å²) in [4.78, 5) is 18.2. The molecule has 18 heavy (non-hydrogen) atoms. The molecule has 0 saturated carbocycles. The van der Waals surface area contributed by atoms with E-state index >= 15 is 0 Å². The van der Waals surface area contributed by atoms with Crippen LogP contribution in [0.15, 0.2) is 4.99 Å². The molecule has 104 valence electrons. The minimum atomic E-state index is -0.297. The predicted octanol–water partition coefficient (Wildman–Crippen LogP) is 2.10. The van der Waals surface area contributed by atoms with Gasteiger partial charge in [0.2, 0.25) is 5.91 Å². The van der Waals surface area contributed by atoms with Gasteiger partial charge in [0, 0.05) is 24.9 Å². The molecule has 0 aliphatic carbocycles. The first-order valence-corrected chi connectivity index (χ1v) is 7.70. The number of carbonyl (C=O) groups excluding carboxylic acids is 1. The number of nitrogens with one attached hydrogen (secondary N) is 1. The first-order chi connectivity index (χ1) is 8.48. The summed E-state index contributed by atoms with van der Waals surface area (Å²) in [7, 11) is 1.82. The summed E-state index contributed by atoms with van der Waals surface area (Å²) in [6.45, 7) is 8.95. The van der Waals surface area contributed by atoms with E-state index in [1.165, 1.54) is 0 Å². The summed E-state index contributed by atoms with van der Waals surface area (Å²) in [5.74, 6) is 1.13. The van der Waals surface area contributed by atoms with Crippen LogP contribution in [0.4, 0.5) is 0 Å². The van der Waals surface area contributed by atoms with Gasteiger partial charge in [-0.1, -0.05) is 25.6 Å². The van der Waals surface area contributed by atoms with E-state index in [2.05, 4.69) is 24.2 Å². The van der Waals surface area contributed by atoms with E-state index < -0.39 is 0 Å². The molecule has 0 spiro atoms. The number of likely N-dealkylation sites (N-methyl/N-ethyl adjacent to an activating group) is 1. The van der Waals surface area contributed by atoms with E-state index in [1.54, 1.807) is 16.7 Å². The number of amidine groups is 1. The number of thioether (sulfide) groups is 1. The Bertz CT molecular complexity index is 326. The van der Waals surface area contributed by atoms with E-state index in [-0.39, 0.29) is 17.5 Å². The molecule has 0 aromatic carbocycles. The zero-order valence-electron chi connectivity index (χ0n) is 12.1. The van der Waals surface area contributed by atoms with Crippen LogP contribution >= 0.6 is 11.8 Å². The van der Waals surface area contributed by atoms with Gasteiger partial charge in [-0.2, -0.15) is 0 Å². The van der Waals surface area contributed by atoms with Gasteiger partial charge >= 0.3 is 0 Å². The van der Waals surface area contributed by atoms with E-state index in [0.29, 0.717) is 0 Å². The summed E-state index contributed by atoms with van der Waals surface area (Å²) in [5.41, 5.74) is 0.170. The molecule has 0 bridgehead atoms. The molecule has 0 aromatic rings. The van der Waals surface area contributed by atoms with E-state index in [9.17, 15) is 4.79 Å². The van der Waals surface area contributed by atoms with Crippen LogP contribution in [0, 0.1) is 0 Å². The molecule has 1 rings (SSSR count). The van der Waals surface area contributed by atoms with Gasteiger partial charge in [-0.3, -0.25) is 4.79 Å². The number of rotatable bonds is 5. The number of amides is 1. The molecule has 4 nitrogen and oxygen atoms in total. The lowest BCUT2D eigenvalue weighted by Crippen LogP contribution is -2.43. The van der Waals surface area contributed by atoms with Crippen molar-refractivity contribution in [1.82, 2.24) is 10.2 Å². The highest BCUT2D eigenvalue weighted by Gasteiger charge is 2.34. The number of hydrogen-bond acceptors (Lipinski definition) is 3. The van der Waals surface area contributed by atoms with Gasteiger partial charge < -0.3 is 10.2 Å². The van der Waals surface area contributed by atoms with Crippen LogP contribution in [-0.2, 0) is 4.79 Å². The van der Waals surface area contributed by atoms with Crippen molar-refractivity contribution in [3.63, 3.8) is 0 Å². The summed E-state index contributed by atoms with van der Waals surface area (Å²) in [6, 6.07) is -0.297. The fourth-order valence-electron chi connectivity index (χ4n) is 1.91. The molecule has 1 aliphatic heterocycles. The summed E-state index contributed by atoms with van der Waals surface area (Å²) < 4.78 is 0. The standard InChI is InChI=1S/C13H25N3OS/c1-6-13(7-2)9-18-12(15-13)14-10(4)11(17)16(5)8-3/h10H,6-9H2,1-5H3,(H,14,15). The lowest BCUT2D eigenvalue weighted by Gasteiger charge is -2.25. The first kappa shape index (κ1) is 15.3. The number of nitrogens with zero attached hydrogens (tertiary/aromatic N) is 2. The van der Waals surface area contributed by atoms with Crippen molar-refractivity contribution < 1.29 is 4.79 Å². The minimum Gasteiger partial charge on any atom is -0.359 e. The Morgan fingerprint density at radius 2 is 2.11 bits per heavy atom. The average Bonchev–Trinajstić information content (AvgIpc) is 2.80. The third-order valence-electron chi connectivity index (χ3n) is 3.73. The summed E-state index contributed by atoms with van der Waals surface area (Å²) in [6.07, 6.45) is 2.18. The van der Waals surface area contributed by atoms with Gasteiger partial charge in [0.25, 0.3) is 0 Å². The normalized spacial score (nSPS) is 21.7. The molecule has 0 radical (unpaired) electrons. The van der Waals surface area contributed by atoms with Crippen molar-refractivity contribution in [3.05, 3.63) is 0 Å². The SMILES string of the molecule is CCN(C)C(=O)C(C)N=C1NC(CC)(CC)CS1. The fourth-order valence-corrected chi connectivity index (χ4v) is 3.33. The highest BCUT2D eigenvalue weighted by Crippen LogP contribution is 2.29. The molecule has 1 unspecified atom stereocenters. The van der Waals surface area contributed by atoms with Crippen molar-refractivity contribution in [3.8, 4) is 0 Å². The molecular formula is C13H25N3OS. The van der Waals surface area contributed by atoms with Crippen LogP contribution in [0.3, 0.4) is 0 Å². The Morgan fingerprint density at radius 1 is 1.50 bits per heavy atom. The molecule has 1 amide bonds. The second-order valence-electron chi connectivity index (χ2n) is 4.86.